The van der Waals surface area contributed by atoms with Gasteiger partial charge in [0, 0.05) is 30.3 Å². The molecular formula is C21H23N3O3. The second-order valence-electron chi connectivity index (χ2n) is 8.63. The lowest BCUT2D eigenvalue weighted by Crippen LogP contribution is -2.58. The lowest BCUT2D eigenvalue weighted by molar-refractivity contribution is -0.168. The van der Waals surface area contributed by atoms with Crippen LogP contribution in [0.3, 0.4) is 0 Å². The van der Waals surface area contributed by atoms with Gasteiger partial charge in [0.2, 0.25) is 0 Å². The van der Waals surface area contributed by atoms with Crippen LogP contribution in [0.2, 0.25) is 0 Å². The van der Waals surface area contributed by atoms with Gasteiger partial charge in [-0.15, -0.1) is 0 Å². The number of nitriles is 2. The molecule has 1 aliphatic carbocycles. The van der Waals surface area contributed by atoms with Gasteiger partial charge in [0.15, 0.2) is 11.0 Å². The standard InChI is InChI=1S/C21H23N3O3/c1-3-26-18(25)21-7-6-20(27-21)9-19(10-22,11-23)14-8-13-4-5-15(24-13)16(14)17(20)12(21)2/h8,13,15-17,24H,2-7,9H2,1H3/t13-,15?,16-,17?,20+,21+/m0/s1. The summed E-state index contributed by atoms with van der Waals surface area (Å²) in [4.78, 5) is 12.8. The lowest BCUT2D eigenvalue weighted by atomic mass is 9.50. The first kappa shape index (κ1) is 17.0. The van der Waals surface area contributed by atoms with Crippen LogP contribution < -0.4 is 5.32 Å². The molecule has 0 aromatic heterocycles. The molecule has 2 unspecified atom stereocenters. The van der Waals surface area contributed by atoms with Crippen LogP contribution in [0.5, 0.6) is 0 Å². The van der Waals surface area contributed by atoms with Gasteiger partial charge in [-0.25, -0.2) is 4.79 Å². The van der Waals surface area contributed by atoms with Crippen LogP contribution in [0.15, 0.2) is 23.8 Å². The van der Waals surface area contributed by atoms with E-state index in [0.717, 1.165) is 24.0 Å². The topological polar surface area (TPSA) is 95.1 Å². The Morgan fingerprint density at radius 2 is 2.19 bits per heavy atom. The van der Waals surface area contributed by atoms with Crippen LogP contribution in [-0.4, -0.2) is 35.9 Å². The van der Waals surface area contributed by atoms with Gasteiger partial charge in [-0.3, -0.25) is 0 Å². The van der Waals surface area contributed by atoms with Crippen molar-refractivity contribution in [3.05, 3.63) is 23.8 Å². The van der Waals surface area contributed by atoms with E-state index in [4.69, 9.17) is 9.47 Å². The third-order valence-electron chi connectivity index (χ3n) is 7.53. The van der Waals surface area contributed by atoms with Gasteiger partial charge >= 0.3 is 5.97 Å². The molecule has 6 heteroatoms. The van der Waals surface area contributed by atoms with E-state index in [1.54, 1.807) is 6.92 Å². The highest BCUT2D eigenvalue weighted by Crippen LogP contribution is 2.69. The number of rotatable bonds is 2. The zero-order valence-corrected chi connectivity index (χ0v) is 15.5. The van der Waals surface area contributed by atoms with E-state index in [0.29, 0.717) is 19.3 Å². The van der Waals surface area contributed by atoms with Crippen LogP contribution in [0.25, 0.3) is 0 Å². The van der Waals surface area contributed by atoms with Gasteiger partial charge in [0.1, 0.15) is 0 Å². The number of carbonyl (C=O) groups excluding carboxylic acids is 1. The third kappa shape index (κ3) is 1.83. The SMILES string of the molecule is C=C1C2[C@H]3C(=C[C@@H]4CCC3N4)C(C#N)(C#N)C[C@]23CC[C@@]1(C(=O)OCC)O3. The molecule has 140 valence electrons. The van der Waals surface area contributed by atoms with E-state index in [-0.39, 0.29) is 36.5 Å². The van der Waals surface area contributed by atoms with Crippen molar-refractivity contribution in [3.63, 3.8) is 0 Å². The molecular weight excluding hydrogens is 342 g/mol. The van der Waals surface area contributed by atoms with Crippen LogP contribution in [0.1, 0.15) is 39.0 Å². The fourth-order valence-corrected chi connectivity index (χ4v) is 6.53. The zero-order valence-electron chi connectivity index (χ0n) is 15.5. The van der Waals surface area contributed by atoms with Gasteiger partial charge in [-0.1, -0.05) is 12.7 Å². The molecule has 5 rings (SSSR count). The Morgan fingerprint density at radius 1 is 1.41 bits per heavy atom. The number of esters is 1. The molecule has 0 aromatic carbocycles. The Balaban J connectivity index is 1.67. The van der Waals surface area contributed by atoms with Crippen molar-refractivity contribution in [1.29, 1.82) is 10.5 Å². The van der Waals surface area contributed by atoms with Crippen molar-refractivity contribution >= 4 is 5.97 Å². The smallest absolute Gasteiger partial charge is 0.342 e. The van der Waals surface area contributed by atoms with Gasteiger partial charge in [-0.05, 0) is 43.8 Å². The summed E-state index contributed by atoms with van der Waals surface area (Å²) >= 11 is 0. The first-order chi connectivity index (χ1) is 13.0. The minimum absolute atomic E-state index is 0.0269. The summed E-state index contributed by atoms with van der Waals surface area (Å²) in [6, 6.07) is 5.07. The van der Waals surface area contributed by atoms with Crippen LogP contribution in [-0.2, 0) is 14.3 Å². The molecule has 1 saturated carbocycles. The molecule has 0 amide bonds. The molecule has 4 aliphatic heterocycles. The molecule has 6 atom stereocenters. The summed E-state index contributed by atoms with van der Waals surface area (Å²) in [5, 5.41) is 23.7. The molecule has 1 N–H and O–H groups in total. The number of nitrogens with zero attached hydrogens (tertiary/aromatic N) is 2. The molecule has 27 heavy (non-hydrogen) atoms. The summed E-state index contributed by atoms with van der Waals surface area (Å²) < 4.78 is 11.8. The summed E-state index contributed by atoms with van der Waals surface area (Å²) in [6.07, 6.45) is 5.58. The quantitative estimate of drug-likeness (QED) is 0.595. The van der Waals surface area contributed by atoms with Gasteiger partial charge < -0.3 is 14.8 Å². The minimum Gasteiger partial charge on any atom is -0.464 e. The highest BCUT2D eigenvalue weighted by atomic mass is 16.6. The predicted molar refractivity (Wildman–Crippen MR) is 94.8 cm³/mol. The van der Waals surface area contributed by atoms with Crippen LogP contribution >= 0.6 is 0 Å². The molecule has 4 bridgehead atoms. The Bertz CT molecular complexity index is 851. The number of carbonyl (C=O) groups is 1. The van der Waals surface area contributed by atoms with E-state index in [9.17, 15) is 15.3 Å². The molecule has 3 saturated heterocycles. The summed E-state index contributed by atoms with van der Waals surface area (Å²) in [7, 11) is 0. The highest BCUT2D eigenvalue weighted by molar-refractivity contribution is 5.86. The minimum atomic E-state index is -1.19. The fourth-order valence-electron chi connectivity index (χ4n) is 6.53. The summed E-state index contributed by atoms with van der Waals surface area (Å²) in [5.41, 5.74) is -1.30. The maximum absolute atomic E-state index is 12.8. The van der Waals surface area contributed by atoms with Crippen molar-refractivity contribution in [2.24, 2.45) is 17.3 Å². The van der Waals surface area contributed by atoms with E-state index >= 15 is 0 Å². The maximum Gasteiger partial charge on any atom is 0.342 e. The molecule has 4 fully saturated rings. The maximum atomic E-state index is 12.8. The van der Waals surface area contributed by atoms with Crippen molar-refractivity contribution < 1.29 is 14.3 Å². The first-order valence-electron chi connectivity index (χ1n) is 9.83. The van der Waals surface area contributed by atoms with E-state index in [2.05, 4.69) is 30.1 Å². The molecule has 4 heterocycles. The van der Waals surface area contributed by atoms with Crippen molar-refractivity contribution in [1.82, 2.24) is 5.32 Å². The Morgan fingerprint density at radius 3 is 2.89 bits per heavy atom. The summed E-state index contributed by atoms with van der Waals surface area (Å²) in [5.74, 6) is -0.464. The van der Waals surface area contributed by atoms with Crippen LogP contribution in [0, 0.1) is 39.9 Å². The number of fused-ring (bicyclic) bond motifs is 6. The van der Waals surface area contributed by atoms with Gasteiger partial charge in [-0.2, -0.15) is 10.5 Å². The fraction of sp³-hybridized carbons (Fsp3) is 0.667. The molecule has 5 aliphatic rings. The monoisotopic (exact) mass is 365 g/mol. The predicted octanol–water partition coefficient (Wildman–Crippen LogP) is 2.14. The molecule has 0 radical (unpaired) electrons. The molecule has 1 spiro atoms. The second-order valence-corrected chi connectivity index (χ2v) is 8.63. The van der Waals surface area contributed by atoms with Crippen LogP contribution in [0.4, 0.5) is 0 Å². The van der Waals surface area contributed by atoms with E-state index in [1.807, 2.05) is 0 Å². The van der Waals surface area contributed by atoms with E-state index < -0.39 is 16.6 Å². The Labute approximate surface area is 158 Å². The number of ether oxygens (including phenoxy) is 2. The van der Waals surface area contributed by atoms with E-state index in [1.165, 1.54) is 0 Å². The highest BCUT2D eigenvalue weighted by Gasteiger charge is 2.74. The van der Waals surface area contributed by atoms with Gasteiger partial charge in [0.25, 0.3) is 0 Å². The number of nitrogens with one attached hydrogen (secondary N) is 1. The average Bonchev–Trinajstić information content (AvgIpc) is 3.31. The number of hydrogen-bond donors (Lipinski definition) is 1. The molecule has 0 aromatic rings. The normalized spacial score (nSPS) is 45.3. The Hall–Kier alpha value is -2.15. The second kappa shape index (κ2) is 5.22. The third-order valence-corrected chi connectivity index (χ3v) is 7.53. The van der Waals surface area contributed by atoms with Crippen molar-refractivity contribution in [3.8, 4) is 12.1 Å². The largest absolute Gasteiger partial charge is 0.464 e. The Kier molecular flexibility index (Phi) is 3.28. The average molecular weight is 365 g/mol. The molecule has 6 nitrogen and oxygen atoms in total. The summed E-state index contributed by atoms with van der Waals surface area (Å²) in [6.45, 7) is 6.39. The van der Waals surface area contributed by atoms with Gasteiger partial charge in [0.05, 0.1) is 24.3 Å². The lowest BCUT2D eigenvalue weighted by Gasteiger charge is -2.52. The van der Waals surface area contributed by atoms with Crippen molar-refractivity contribution in [2.75, 3.05) is 6.61 Å². The van der Waals surface area contributed by atoms with Crippen molar-refractivity contribution in [2.45, 2.75) is 62.3 Å². The number of hydrogen-bond acceptors (Lipinski definition) is 6. The zero-order chi connectivity index (χ0) is 19.0. The first-order valence-corrected chi connectivity index (χ1v) is 9.83.